The number of rotatable bonds is 3. The van der Waals surface area contributed by atoms with Crippen LogP contribution in [0.25, 0.3) is 0 Å². The molecule has 72 valence electrons. The molecule has 0 radical (unpaired) electrons. The van der Waals surface area contributed by atoms with Gasteiger partial charge in [-0.25, -0.2) is 0 Å². The highest BCUT2D eigenvalue weighted by Crippen LogP contribution is 2.42. The largest absolute Gasteiger partial charge is 0.396 e. The fourth-order valence-electron chi connectivity index (χ4n) is 1.70. The van der Waals surface area contributed by atoms with Crippen LogP contribution in [0.1, 0.15) is 38.3 Å². The third-order valence-electron chi connectivity index (χ3n) is 2.41. The van der Waals surface area contributed by atoms with Gasteiger partial charge in [-0.05, 0) is 18.8 Å². The molecule has 13 heavy (non-hydrogen) atoms. The van der Waals surface area contributed by atoms with Gasteiger partial charge in [0.15, 0.2) is 0 Å². The molecule has 1 aromatic heterocycles. The highest BCUT2D eigenvalue weighted by Gasteiger charge is 2.29. The van der Waals surface area contributed by atoms with Crippen LogP contribution in [-0.2, 0) is 6.54 Å². The summed E-state index contributed by atoms with van der Waals surface area (Å²) in [5.41, 5.74) is 8.02. The number of nitrogen functional groups attached to an aromatic ring is 1. The summed E-state index contributed by atoms with van der Waals surface area (Å²) in [7, 11) is 0. The van der Waals surface area contributed by atoms with E-state index in [-0.39, 0.29) is 0 Å². The first-order valence-electron chi connectivity index (χ1n) is 4.99. The zero-order chi connectivity index (χ0) is 9.42. The summed E-state index contributed by atoms with van der Waals surface area (Å²) in [6.45, 7) is 5.39. The summed E-state index contributed by atoms with van der Waals surface area (Å²) in [5, 5.41) is 4.31. The molecule has 0 aromatic carbocycles. The van der Waals surface area contributed by atoms with Crippen LogP contribution in [-0.4, -0.2) is 9.78 Å². The summed E-state index contributed by atoms with van der Waals surface area (Å²) in [6, 6.07) is 0. The van der Waals surface area contributed by atoms with Crippen molar-refractivity contribution in [1.82, 2.24) is 9.78 Å². The van der Waals surface area contributed by atoms with E-state index in [1.807, 2.05) is 0 Å². The molecule has 1 aromatic rings. The lowest BCUT2D eigenvalue weighted by Crippen LogP contribution is -2.09. The smallest absolute Gasteiger partial charge is 0.0735 e. The minimum absolute atomic E-state index is 0.636. The fraction of sp³-hybridized carbons (Fsp3) is 0.700. The van der Waals surface area contributed by atoms with Crippen molar-refractivity contribution in [2.24, 2.45) is 5.92 Å². The van der Waals surface area contributed by atoms with Crippen LogP contribution >= 0.6 is 0 Å². The van der Waals surface area contributed by atoms with Crippen LogP contribution in [0.3, 0.4) is 0 Å². The fourth-order valence-corrected chi connectivity index (χ4v) is 1.70. The van der Waals surface area contributed by atoms with Crippen molar-refractivity contribution >= 4 is 5.69 Å². The molecule has 0 atom stereocenters. The normalized spacial score (nSPS) is 16.8. The summed E-state index contributed by atoms with van der Waals surface area (Å²) in [6.07, 6.45) is 4.36. The predicted molar refractivity (Wildman–Crippen MR) is 53.5 cm³/mol. The van der Waals surface area contributed by atoms with Gasteiger partial charge in [0, 0.05) is 12.5 Å². The molecule has 1 heterocycles. The van der Waals surface area contributed by atoms with Crippen LogP contribution in [0.2, 0.25) is 0 Å². The molecule has 1 aliphatic carbocycles. The second-order valence-corrected chi connectivity index (χ2v) is 4.34. The van der Waals surface area contributed by atoms with Crippen molar-refractivity contribution in [2.75, 3.05) is 5.73 Å². The second-order valence-electron chi connectivity index (χ2n) is 4.34. The highest BCUT2D eigenvalue weighted by molar-refractivity contribution is 5.44. The topological polar surface area (TPSA) is 43.8 Å². The van der Waals surface area contributed by atoms with Crippen molar-refractivity contribution in [2.45, 2.75) is 39.2 Å². The first-order valence-corrected chi connectivity index (χ1v) is 4.99. The van der Waals surface area contributed by atoms with Gasteiger partial charge in [-0.15, -0.1) is 0 Å². The average molecular weight is 179 g/mol. The molecule has 3 nitrogen and oxygen atoms in total. The maximum atomic E-state index is 5.87. The molecule has 0 spiro atoms. The zero-order valence-electron chi connectivity index (χ0n) is 8.33. The molecule has 2 rings (SSSR count). The lowest BCUT2D eigenvalue weighted by molar-refractivity contribution is 0.469. The van der Waals surface area contributed by atoms with Gasteiger partial charge in [-0.1, -0.05) is 13.8 Å². The molecule has 1 saturated carbocycles. The van der Waals surface area contributed by atoms with E-state index in [9.17, 15) is 0 Å². The Balaban J connectivity index is 2.23. The monoisotopic (exact) mass is 179 g/mol. The van der Waals surface area contributed by atoms with E-state index < -0.39 is 0 Å². The van der Waals surface area contributed by atoms with Gasteiger partial charge in [-0.3, -0.25) is 4.68 Å². The van der Waals surface area contributed by atoms with Gasteiger partial charge in [0.05, 0.1) is 17.6 Å². The van der Waals surface area contributed by atoms with Crippen molar-refractivity contribution < 1.29 is 0 Å². The molecular weight excluding hydrogens is 162 g/mol. The molecular formula is C10H17N3. The van der Waals surface area contributed by atoms with Gasteiger partial charge in [0.1, 0.15) is 0 Å². The molecule has 0 aliphatic heterocycles. The number of hydrogen-bond donors (Lipinski definition) is 1. The molecule has 2 N–H and O–H groups in total. The summed E-state index contributed by atoms with van der Waals surface area (Å²) in [5.74, 6) is 1.33. The molecule has 0 unspecified atom stereocenters. The number of nitrogens with two attached hydrogens (primary N) is 1. The molecule has 1 aliphatic rings. The first kappa shape index (κ1) is 8.60. The summed E-state index contributed by atoms with van der Waals surface area (Å²) < 4.78 is 2.08. The minimum atomic E-state index is 0.636. The van der Waals surface area contributed by atoms with Crippen molar-refractivity contribution in [1.29, 1.82) is 0 Å². The molecule has 1 fully saturated rings. The van der Waals surface area contributed by atoms with E-state index in [1.54, 1.807) is 6.20 Å². The molecule has 0 amide bonds. The number of aromatic nitrogens is 2. The minimum Gasteiger partial charge on any atom is -0.396 e. The van der Waals surface area contributed by atoms with Crippen molar-refractivity contribution in [3.8, 4) is 0 Å². The van der Waals surface area contributed by atoms with Gasteiger partial charge in [0.2, 0.25) is 0 Å². The molecule has 0 bridgehead atoms. The molecule has 3 heteroatoms. The van der Waals surface area contributed by atoms with E-state index in [1.165, 1.54) is 18.5 Å². The number of anilines is 1. The predicted octanol–water partition coefficient (Wildman–Crippen LogP) is 2.00. The van der Waals surface area contributed by atoms with Gasteiger partial charge in [-0.2, -0.15) is 5.10 Å². The lowest BCUT2D eigenvalue weighted by Gasteiger charge is -2.09. The number of nitrogens with zero attached hydrogens (tertiary/aromatic N) is 2. The van der Waals surface area contributed by atoms with Crippen LogP contribution < -0.4 is 5.73 Å². The maximum absolute atomic E-state index is 5.87. The van der Waals surface area contributed by atoms with Crippen LogP contribution in [0.4, 0.5) is 5.69 Å². The van der Waals surface area contributed by atoms with E-state index in [0.29, 0.717) is 11.8 Å². The Hall–Kier alpha value is -0.990. The standard InChI is InChI=1S/C10H17N3/c1-7(2)6-13-10(8-3-4-8)9(11)5-12-13/h5,7-8H,3-4,6,11H2,1-2H3. The highest BCUT2D eigenvalue weighted by atomic mass is 15.3. The van der Waals surface area contributed by atoms with Crippen molar-refractivity contribution in [3.63, 3.8) is 0 Å². The zero-order valence-corrected chi connectivity index (χ0v) is 8.33. The summed E-state index contributed by atoms with van der Waals surface area (Å²) >= 11 is 0. The Morgan fingerprint density at radius 2 is 2.31 bits per heavy atom. The van der Waals surface area contributed by atoms with Gasteiger partial charge in [0.25, 0.3) is 0 Å². The van der Waals surface area contributed by atoms with Crippen LogP contribution in [0.15, 0.2) is 6.20 Å². The van der Waals surface area contributed by atoms with Gasteiger partial charge >= 0.3 is 0 Å². The van der Waals surface area contributed by atoms with E-state index in [2.05, 4.69) is 23.6 Å². The SMILES string of the molecule is CC(C)Cn1ncc(N)c1C1CC1. The van der Waals surface area contributed by atoms with Gasteiger partial charge < -0.3 is 5.73 Å². The first-order chi connectivity index (χ1) is 6.18. The Morgan fingerprint density at radius 1 is 1.62 bits per heavy atom. The lowest BCUT2D eigenvalue weighted by atomic mass is 10.2. The third-order valence-corrected chi connectivity index (χ3v) is 2.41. The number of hydrogen-bond acceptors (Lipinski definition) is 2. The molecule has 0 saturated heterocycles. The summed E-state index contributed by atoms with van der Waals surface area (Å²) in [4.78, 5) is 0. The van der Waals surface area contributed by atoms with Crippen molar-refractivity contribution in [3.05, 3.63) is 11.9 Å². The second kappa shape index (κ2) is 3.05. The van der Waals surface area contributed by atoms with E-state index in [4.69, 9.17) is 5.73 Å². The van der Waals surface area contributed by atoms with E-state index in [0.717, 1.165) is 12.2 Å². The maximum Gasteiger partial charge on any atom is 0.0735 e. The van der Waals surface area contributed by atoms with Crippen LogP contribution in [0.5, 0.6) is 0 Å². The Morgan fingerprint density at radius 3 is 2.85 bits per heavy atom. The van der Waals surface area contributed by atoms with E-state index >= 15 is 0 Å². The Kier molecular flexibility index (Phi) is 2.02. The quantitative estimate of drug-likeness (QED) is 0.771. The Labute approximate surface area is 78.9 Å². The Bertz CT molecular complexity index is 297. The third kappa shape index (κ3) is 1.69. The van der Waals surface area contributed by atoms with Crippen LogP contribution in [0, 0.1) is 5.92 Å². The average Bonchev–Trinajstić information content (AvgIpc) is 2.79.